The summed E-state index contributed by atoms with van der Waals surface area (Å²) in [6.07, 6.45) is -0.816. The van der Waals surface area contributed by atoms with Crippen LogP contribution in [0, 0.1) is 0 Å². The number of ether oxygens (including phenoxy) is 1. The summed E-state index contributed by atoms with van der Waals surface area (Å²) in [5, 5.41) is 10.3. The van der Waals surface area contributed by atoms with E-state index in [1.807, 2.05) is 30.3 Å². The van der Waals surface area contributed by atoms with E-state index in [1.165, 1.54) is 0 Å². The maximum Gasteiger partial charge on any atom is 0.266 e. The van der Waals surface area contributed by atoms with E-state index >= 15 is 0 Å². The van der Waals surface area contributed by atoms with Crippen LogP contribution in [0.1, 0.15) is 18.6 Å². The third-order valence-electron chi connectivity index (χ3n) is 2.80. The van der Waals surface area contributed by atoms with Crippen molar-refractivity contribution in [2.24, 2.45) is 4.99 Å². The van der Waals surface area contributed by atoms with Crippen molar-refractivity contribution in [3.8, 4) is 0 Å². The summed E-state index contributed by atoms with van der Waals surface area (Å²) in [6.45, 7) is 1.93. The number of hydrogen-bond acceptors (Lipinski definition) is 3. The lowest BCUT2D eigenvalue weighted by Gasteiger charge is -2.25. The summed E-state index contributed by atoms with van der Waals surface area (Å²) in [4.78, 5) is 4.22. The normalized spacial score (nSPS) is 25.5. The monoisotopic (exact) mass is 307 g/mol. The predicted octanol–water partition coefficient (Wildman–Crippen LogP) is 3.28. The highest BCUT2D eigenvalue weighted by molar-refractivity contribution is 6.76. The Morgan fingerprint density at radius 3 is 2.44 bits per heavy atom. The molecule has 1 heterocycles. The molecular weight excluding hydrogens is 296 g/mol. The van der Waals surface area contributed by atoms with E-state index in [-0.39, 0.29) is 12.5 Å². The van der Waals surface area contributed by atoms with Gasteiger partial charge >= 0.3 is 0 Å². The minimum atomic E-state index is -1.70. The van der Waals surface area contributed by atoms with Crippen LogP contribution in [-0.4, -0.2) is 26.9 Å². The Morgan fingerprint density at radius 1 is 1.33 bits per heavy atom. The fourth-order valence-corrected chi connectivity index (χ4v) is 2.08. The first-order valence-electron chi connectivity index (χ1n) is 5.36. The Morgan fingerprint density at radius 2 is 1.94 bits per heavy atom. The van der Waals surface area contributed by atoms with Gasteiger partial charge in [-0.1, -0.05) is 65.1 Å². The molecule has 2 atom stereocenters. The second-order valence-corrected chi connectivity index (χ2v) is 6.66. The van der Waals surface area contributed by atoms with E-state index in [0.29, 0.717) is 0 Å². The molecule has 0 fully saturated rings. The number of aliphatic imine (C=N–C) groups is 1. The Labute approximate surface area is 120 Å². The summed E-state index contributed by atoms with van der Waals surface area (Å²) >= 11 is 17.1. The van der Waals surface area contributed by atoms with Crippen LogP contribution >= 0.6 is 34.8 Å². The van der Waals surface area contributed by atoms with Crippen LogP contribution < -0.4 is 0 Å². The molecule has 0 saturated heterocycles. The fraction of sp³-hybridized carbons (Fsp3) is 0.417. The van der Waals surface area contributed by atoms with Crippen LogP contribution in [-0.2, 0) is 4.74 Å². The van der Waals surface area contributed by atoms with Crippen LogP contribution in [0.4, 0.5) is 0 Å². The number of nitrogens with zero attached hydrogens (tertiary/aromatic N) is 1. The van der Waals surface area contributed by atoms with Crippen molar-refractivity contribution in [1.82, 2.24) is 0 Å². The van der Waals surface area contributed by atoms with E-state index in [1.54, 1.807) is 6.92 Å². The number of hydrogen-bond donors (Lipinski definition) is 1. The molecule has 0 unspecified atom stereocenters. The van der Waals surface area contributed by atoms with Crippen molar-refractivity contribution in [3.63, 3.8) is 0 Å². The quantitative estimate of drug-likeness (QED) is 0.852. The third-order valence-corrected chi connectivity index (χ3v) is 3.29. The maximum atomic E-state index is 10.3. The Kier molecular flexibility index (Phi) is 3.79. The second kappa shape index (κ2) is 4.89. The van der Waals surface area contributed by atoms with Gasteiger partial charge in [-0.15, -0.1) is 0 Å². The molecule has 3 nitrogen and oxygen atoms in total. The average Bonchev–Trinajstić information content (AvgIpc) is 2.73. The van der Waals surface area contributed by atoms with Crippen LogP contribution in [0.2, 0.25) is 0 Å². The molecule has 18 heavy (non-hydrogen) atoms. The van der Waals surface area contributed by atoms with Crippen molar-refractivity contribution in [2.45, 2.75) is 22.4 Å². The summed E-state index contributed by atoms with van der Waals surface area (Å²) in [6, 6.07) is 9.20. The van der Waals surface area contributed by atoms with E-state index in [0.717, 1.165) is 5.56 Å². The summed E-state index contributed by atoms with van der Waals surface area (Å²) in [7, 11) is 0. The van der Waals surface area contributed by atoms with Gasteiger partial charge in [0.1, 0.15) is 18.2 Å². The van der Waals surface area contributed by atoms with Gasteiger partial charge in [-0.05, 0) is 12.5 Å². The molecule has 0 spiro atoms. The topological polar surface area (TPSA) is 41.8 Å². The molecule has 6 heteroatoms. The first kappa shape index (κ1) is 13.9. The lowest BCUT2D eigenvalue weighted by Crippen LogP contribution is -2.32. The van der Waals surface area contributed by atoms with E-state index in [4.69, 9.17) is 39.5 Å². The van der Waals surface area contributed by atoms with Crippen molar-refractivity contribution >= 4 is 40.7 Å². The van der Waals surface area contributed by atoms with Gasteiger partial charge in [0.15, 0.2) is 0 Å². The molecule has 1 aromatic rings. The number of rotatable bonds is 2. The van der Waals surface area contributed by atoms with Crippen molar-refractivity contribution in [1.29, 1.82) is 0 Å². The Bertz CT molecular complexity index is 458. The maximum absolute atomic E-state index is 10.3. The molecule has 2 rings (SSSR count). The van der Waals surface area contributed by atoms with Gasteiger partial charge in [-0.25, -0.2) is 4.99 Å². The van der Waals surface area contributed by atoms with Crippen LogP contribution in [0.15, 0.2) is 35.3 Å². The molecule has 1 aliphatic rings. The molecule has 0 amide bonds. The van der Waals surface area contributed by atoms with Crippen LogP contribution in [0.3, 0.4) is 0 Å². The zero-order valence-electron chi connectivity index (χ0n) is 9.61. The van der Waals surface area contributed by atoms with Gasteiger partial charge in [0.05, 0.1) is 0 Å². The van der Waals surface area contributed by atoms with E-state index in [2.05, 4.69) is 4.99 Å². The molecule has 0 radical (unpaired) electrons. The standard InChI is InChI=1S/C12H12Cl3NO2/c1-11(7-18-10(16-11)12(13,14)15)9(17)8-5-3-2-4-6-8/h2-6,9,17H,7H2,1H3/t9-,11+/m0/s1. The molecule has 1 aromatic carbocycles. The number of aliphatic hydroxyl groups is 1. The molecule has 0 aromatic heterocycles. The molecule has 1 aliphatic heterocycles. The number of alkyl halides is 3. The number of benzene rings is 1. The first-order valence-corrected chi connectivity index (χ1v) is 6.49. The van der Waals surface area contributed by atoms with Crippen molar-refractivity contribution in [2.75, 3.05) is 6.61 Å². The second-order valence-electron chi connectivity index (χ2n) is 4.37. The highest BCUT2D eigenvalue weighted by Gasteiger charge is 2.45. The number of halogens is 3. The summed E-state index contributed by atoms with van der Waals surface area (Å²) in [5.74, 6) is 0.0185. The Hall–Kier alpha value is -0.480. The SMILES string of the molecule is C[C@]1([C@@H](O)c2ccccc2)COC(C(Cl)(Cl)Cl)=N1. The van der Waals surface area contributed by atoms with E-state index in [9.17, 15) is 5.11 Å². The first-order chi connectivity index (χ1) is 8.33. The van der Waals surface area contributed by atoms with Gasteiger partial charge < -0.3 is 9.84 Å². The smallest absolute Gasteiger partial charge is 0.266 e. The minimum absolute atomic E-state index is 0.0185. The third kappa shape index (κ3) is 2.75. The predicted molar refractivity (Wildman–Crippen MR) is 73.5 cm³/mol. The fourth-order valence-electron chi connectivity index (χ4n) is 1.79. The van der Waals surface area contributed by atoms with Crippen LogP contribution in [0.5, 0.6) is 0 Å². The van der Waals surface area contributed by atoms with Gasteiger partial charge in [-0.2, -0.15) is 0 Å². The molecule has 0 aliphatic carbocycles. The van der Waals surface area contributed by atoms with Crippen LogP contribution in [0.25, 0.3) is 0 Å². The highest BCUT2D eigenvalue weighted by atomic mass is 35.6. The largest absolute Gasteiger partial charge is 0.475 e. The van der Waals surface area contributed by atoms with E-state index < -0.39 is 15.4 Å². The zero-order chi connectivity index (χ0) is 13.4. The molecular formula is C12H12Cl3NO2. The Balaban J connectivity index is 2.26. The lowest BCUT2D eigenvalue weighted by molar-refractivity contribution is 0.0762. The number of aliphatic hydroxyl groups excluding tert-OH is 1. The van der Waals surface area contributed by atoms with Crippen molar-refractivity contribution in [3.05, 3.63) is 35.9 Å². The lowest BCUT2D eigenvalue weighted by atomic mass is 9.91. The van der Waals surface area contributed by atoms with Gasteiger partial charge in [0, 0.05) is 0 Å². The molecule has 1 N–H and O–H groups in total. The minimum Gasteiger partial charge on any atom is -0.475 e. The van der Waals surface area contributed by atoms with Gasteiger partial charge in [0.2, 0.25) is 5.90 Å². The average molecular weight is 309 g/mol. The molecule has 0 saturated carbocycles. The molecule has 0 bridgehead atoms. The highest BCUT2D eigenvalue weighted by Crippen LogP contribution is 2.38. The molecule has 98 valence electrons. The summed E-state index contributed by atoms with van der Waals surface area (Å²) in [5.41, 5.74) is -0.0985. The zero-order valence-corrected chi connectivity index (χ0v) is 11.9. The van der Waals surface area contributed by atoms with Gasteiger partial charge in [0.25, 0.3) is 3.79 Å². The summed E-state index contributed by atoms with van der Waals surface area (Å²) < 4.78 is 3.57. The van der Waals surface area contributed by atoms with Gasteiger partial charge in [-0.3, -0.25) is 0 Å². The van der Waals surface area contributed by atoms with Crippen molar-refractivity contribution < 1.29 is 9.84 Å².